The number of methoxy groups -OCH3 is 1. The van der Waals surface area contributed by atoms with E-state index >= 15 is 0 Å². The van der Waals surface area contributed by atoms with Crippen molar-refractivity contribution in [2.75, 3.05) is 13.7 Å². The van der Waals surface area contributed by atoms with E-state index in [0.29, 0.717) is 10.8 Å². The molecule has 84 valence electrons. The van der Waals surface area contributed by atoms with Crippen molar-refractivity contribution < 1.29 is 9.53 Å². The van der Waals surface area contributed by atoms with E-state index in [4.69, 9.17) is 21.6 Å². The molecule has 1 amide bonds. The molecular weight excluding hydrogens is 228 g/mol. The summed E-state index contributed by atoms with van der Waals surface area (Å²) in [4.78, 5) is 11.3. The van der Waals surface area contributed by atoms with Gasteiger partial charge in [0, 0.05) is 0 Å². The molecule has 0 radical (unpaired) electrons. The summed E-state index contributed by atoms with van der Waals surface area (Å²) in [5.41, 5.74) is 0.779. The van der Waals surface area contributed by atoms with Crippen molar-refractivity contribution in [1.29, 1.82) is 5.26 Å². The van der Waals surface area contributed by atoms with Crippen LogP contribution in [0.15, 0.2) is 18.2 Å². The SMILES string of the molecule is COc1ccc(CC(=O)NCC#N)cc1Cl. The minimum Gasteiger partial charge on any atom is -0.495 e. The monoisotopic (exact) mass is 238 g/mol. The minimum absolute atomic E-state index is 0.0166. The van der Waals surface area contributed by atoms with Crippen LogP contribution in [0.4, 0.5) is 0 Å². The zero-order chi connectivity index (χ0) is 12.0. The maximum Gasteiger partial charge on any atom is 0.225 e. The lowest BCUT2D eigenvalue weighted by molar-refractivity contribution is -0.120. The summed E-state index contributed by atoms with van der Waals surface area (Å²) in [5, 5.41) is 11.2. The number of nitriles is 1. The highest BCUT2D eigenvalue weighted by Gasteiger charge is 2.05. The molecule has 0 aliphatic carbocycles. The maximum absolute atomic E-state index is 11.3. The van der Waals surface area contributed by atoms with E-state index < -0.39 is 0 Å². The Labute approximate surface area is 98.8 Å². The summed E-state index contributed by atoms with van der Waals surface area (Å²) in [6, 6.07) is 6.97. The second-order valence-corrected chi connectivity index (χ2v) is 3.49. The van der Waals surface area contributed by atoms with E-state index in [2.05, 4.69) is 5.32 Å². The van der Waals surface area contributed by atoms with Gasteiger partial charge in [-0.25, -0.2) is 0 Å². The number of halogens is 1. The van der Waals surface area contributed by atoms with Crippen LogP contribution >= 0.6 is 11.6 Å². The summed E-state index contributed by atoms with van der Waals surface area (Å²) >= 11 is 5.91. The standard InChI is InChI=1S/C11H11ClN2O2/c1-16-10-3-2-8(6-9(10)12)7-11(15)14-5-4-13/h2-3,6H,5,7H2,1H3,(H,14,15). The molecule has 0 fully saturated rings. The first-order valence-electron chi connectivity index (χ1n) is 4.63. The summed E-state index contributed by atoms with van der Waals surface area (Å²) < 4.78 is 4.99. The molecule has 4 nitrogen and oxygen atoms in total. The molecule has 0 aliphatic rings. The van der Waals surface area contributed by atoms with Crippen LogP contribution in [0, 0.1) is 11.3 Å². The van der Waals surface area contributed by atoms with Crippen LogP contribution in [0.5, 0.6) is 5.75 Å². The van der Waals surface area contributed by atoms with Gasteiger partial charge in [-0.05, 0) is 17.7 Å². The third kappa shape index (κ3) is 3.44. The zero-order valence-electron chi connectivity index (χ0n) is 8.79. The highest BCUT2D eigenvalue weighted by atomic mass is 35.5. The van der Waals surface area contributed by atoms with Crippen molar-refractivity contribution in [3.05, 3.63) is 28.8 Å². The number of nitrogens with one attached hydrogen (secondary N) is 1. The lowest BCUT2D eigenvalue weighted by atomic mass is 10.1. The quantitative estimate of drug-likeness (QED) is 0.810. The molecule has 0 unspecified atom stereocenters. The molecule has 1 aromatic carbocycles. The van der Waals surface area contributed by atoms with Crippen molar-refractivity contribution in [3.8, 4) is 11.8 Å². The van der Waals surface area contributed by atoms with Gasteiger partial charge in [0.2, 0.25) is 5.91 Å². The average Bonchev–Trinajstić information content (AvgIpc) is 2.26. The van der Waals surface area contributed by atoms with Crippen LogP contribution in [0.1, 0.15) is 5.56 Å². The number of amides is 1. The van der Waals surface area contributed by atoms with Crippen molar-refractivity contribution in [2.24, 2.45) is 0 Å². The number of carbonyl (C=O) groups excluding carboxylic acids is 1. The Bertz CT molecular complexity index is 426. The predicted molar refractivity (Wildman–Crippen MR) is 60.3 cm³/mol. The van der Waals surface area contributed by atoms with Crippen LogP contribution in [-0.4, -0.2) is 19.6 Å². The van der Waals surface area contributed by atoms with Gasteiger partial charge in [0.05, 0.1) is 24.6 Å². The van der Waals surface area contributed by atoms with Crippen LogP contribution in [0.3, 0.4) is 0 Å². The summed E-state index contributed by atoms with van der Waals surface area (Å²) in [7, 11) is 1.53. The summed E-state index contributed by atoms with van der Waals surface area (Å²) in [6.45, 7) is 0.0166. The topological polar surface area (TPSA) is 62.1 Å². The molecule has 16 heavy (non-hydrogen) atoms. The normalized spacial score (nSPS) is 9.31. The third-order valence-electron chi connectivity index (χ3n) is 1.95. The number of ether oxygens (including phenoxy) is 1. The van der Waals surface area contributed by atoms with Gasteiger partial charge in [-0.3, -0.25) is 4.79 Å². The molecule has 5 heteroatoms. The van der Waals surface area contributed by atoms with Gasteiger partial charge < -0.3 is 10.1 Å². The van der Waals surface area contributed by atoms with E-state index in [-0.39, 0.29) is 18.9 Å². The van der Waals surface area contributed by atoms with E-state index in [1.165, 1.54) is 7.11 Å². The Hall–Kier alpha value is -1.73. The first kappa shape index (κ1) is 12.3. The first-order valence-corrected chi connectivity index (χ1v) is 5.01. The molecule has 1 aromatic rings. The number of rotatable bonds is 4. The van der Waals surface area contributed by atoms with Crippen LogP contribution in [0.2, 0.25) is 5.02 Å². The zero-order valence-corrected chi connectivity index (χ0v) is 9.54. The molecule has 0 saturated heterocycles. The minimum atomic E-state index is -0.206. The molecule has 1 rings (SSSR count). The number of carbonyl (C=O) groups is 1. The lowest BCUT2D eigenvalue weighted by Crippen LogP contribution is -2.25. The Kier molecular flexibility index (Phi) is 4.62. The van der Waals surface area contributed by atoms with Gasteiger partial charge in [-0.1, -0.05) is 17.7 Å². The lowest BCUT2D eigenvalue weighted by Gasteiger charge is -2.05. The molecular formula is C11H11ClN2O2. The smallest absolute Gasteiger partial charge is 0.225 e. The number of nitrogens with zero attached hydrogens (tertiary/aromatic N) is 1. The van der Waals surface area contributed by atoms with E-state index in [9.17, 15) is 4.79 Å². The van der Waals surface area contributed by atoms with Gasteiger partial charge in [0.25, 0.3) is 0 Å². The third-order valence-corrected chi connectivity index (χ3v) is 2.24. The largest absolute Gasteiger partial charge is 0.495 e. The summed E-state index contributed by atoms with van der Waals surface area (Å²) in [6.07, 6.45) is 0.200. The number of hydrogen-bond donors (Lipinski definition) is 1. The molecule has 0 spiro atoms. The molecule has 0 heterocycles. The average molecular weight is 239 g/mol. The predicted octanol–water partition coefficient (Wildman–Crippen LogP) is 1.53. The number of hydrogen-bond acceptors (Lipinski definition) is 3. The Morgan fingerprint density at radius 3 is 2.94 bits per heavy atom. The van der Waals surface area contributed by atoms with Gasteiger partial charge in [-0.15, -0.1) is 0 Å². The van der Waals surface area contributed by atoms with Crippen LogP contribution in [-0.2, 0) is 11.2 Å². The van der Waals surface area contributed by atoms with Crippen molar-refractivity contribution in [3.63, 3.8) is 0 Å². The number of benzene rings is 1. The van der Waals surface area contributed by atoms with Gasteiger partial charge in [0.15, 0.2) is 0 Å². The molecule has 0 saturated carbocycles. The Morgan fingerprint density at radius 2 is 2.38 bits per heavy atom. The molecule has 0 bridgehead atoms. The van der Waals surface area contributed by atoms with Gasteiger partial charge in [0.1, 0.15) is 12.3 Å². The second kappa shape index (κ2) is 5.99. The van der Waals surface area contributed by atoms with Gasteiger partial charge >= 0.3 is 0 Å². The highest BCUT2D eigenvalue weighted by Crippen LogP contribution is 2.24. The molecule has 0 aliphatic heterocycles. The molecule has 1 N–H and O–H groups in total. The van der Waals surface area contributed by atoms with Crippen LogP contribution in [0.25, 0.3) is 0 Å². The highest BCUT2D eigenvalue weighted by molar-refractivity contribution is 6.32. The van der Waals surface area contributed by atoms with E-state index in [1.807, 2.05) is 6.07 Å². The van der Waals surface area contributed by atoms with E-state index in [1.54, 1.807) is 18.2 Å². The fraction of sp³-hybridized carbons (Fsp3) is 0.273. The fourth-order valence-corrected chi connectivity index (χ4v) is 1.49. The van der Waals surface area contributed by atoms with Crippen molar-refractivity contribution >= 4 is 17.5 Å². The summed E-state index contributed by atoms with van der Waals surface area (Å²) in [5.74, 6) is 0.366. The Morgan fingerprint density at radius 1 is 1.62 bits per heavy atom. The van der Waals surface area contributed by atoms with Crippen LogP contribution < -0.4 is 10.1 Å². The van der Waals surface area contributed by atoms with Crippen molar-refractivity contribution in [1.82, 2.24) is 5.32 Å². The van der Waals surface area contributed by atoms with Crippen molar-refractivity contribution in [2.45, 2.75) is 6.42 Å². The maximum atomic E-state index is 11.3. The first-order chi connectivity index (χ1) is 7.67. The Balaban J connectivity index is 2.65. The molecule has 0 aromatic heterocycles. The second-order valence-electron chi connectivity index (χ2n) is 3.08. The fourth-order valence-electron chi connectivity index (χ4n) is 1.21. The van der Waals surface area contributed by atoms with Gasteiger partial charge in [-0.2, -0.15) is 5.26 Å². The molecule has 0 atom stereocenters. The van der Waals surface area contributed by atoms with E-state index in [0.717, 1.165) is 5.56 Å².